The van der Waals surface area contributed by atoms with E-state index in [2.05, 4.69) is 0 Å². The van der Waals surface area contributed by atoms with E-state index in [-0.39, 0.29) is 36.5 Å². The molecule has 0 aromatic heterocycles. The predicted molar refractivity (Wildman–Crippen MR) is 80.1 cm³/mol. The number of hydrogen-bond donors (Lipinski definition) is 3. The average Bonchev–Trinajstić information content (AvgIpc) is 2.85. The van der Waals surface area contributed by atoms with Crippen LogP contribution < -0.4 is 4.74 Å². The average molecular weight is 360 g/mol. The van der Waals surface area contributed by atoms with Gasteiger partial charge in [0, 0.05) is 17.5 Å². The second-order valence-corrected chi connectivity index (χ2v) is 6.85. The highest BCUT2D eigenvalue weighted by atomic mass is 31.2. The third kappa shape index (κ3) is 3.69. The highest BCUT2D eigenvalue weighted by molar-refractivity contribution is 7.52. The summed E-state index contributed by atoms with van der Waals surface area (Å²) in [6, 6.07) is 0. The molecule has 0 fully saturated rings. The summed E-state index contributed by atoms with van der Waals surface area (Å²) >= 11 is 0. The van der Waals surface area contributed by atoms with Crippen molar-refractivity contribution in [3.63, 3.8) is 0 Å². The molecule has 0 amide bonds. The predicted octanol–water partition coefficient (Wildman–Crippen LogP) is 0.643. The largest absolute Gasteiger partial charge is 0.507 e. The van der Waals surface area contributed by atoms with Crippen molar-refractivity contribution < 1.29 is 43.3 Å². The number of phenols is 1. The summed E-state index contributed by atoms with van der Waals surface area (Å²) in [6.07, 6.45) is -1.02. The molecule has 1 aromatic carbocycles. The summed E-state index contributed by atoms with van der Waals surface area (Å²) in [5.74, 6) is -1.66. The van der Waals surface area contributed by atoms with E-state index < -0.39 is 25.7 Å². The van der Waals surface area contributed by atoms with Crippen LogP contribution in [-0.2, 0) is 31.9 Å². The molecular formula is C14H17O9P. The van der Waals surface area contributed by atoms with E-state index in [1.165, 1.54) is 7.11 Å². The summed E-state index contributed by atoms with van der Waals surface area (Å²) in [6.45, 7) is 1.51. The zero-order valence-corrected chi connectivity index (χ0v) is 14.0. The van der Waals surface area contributed by atoms with Crippen molar-refractivity contribution in [2.24, 2.45) is 0 Å². The Morgan fingerprint density at radius 1 is 1.38 bits per heavy atom. The minimum Gasteiger partial charge on any atom is -0.507 e. The summed E-state index contributed by atoms with van der Waals surface area (Å²) in [5.41, 5.74) is 1.49. The van der Waals surface area contributed by atoms with E-state index >= 15 is 0 Å². The van der Waals surface area contributed by atoms with Crippen LogP contribution in [0.2, 0.25) is 0 Å². The second kappa shape index (κ2) is 6.80. The van der Waals surface area contributed by atoms with Crippen molar-refractivity contribution in [3.8, 4) is 11.5 Å². The minimum absolute atomic E-state index is 0.00328. The Morgan fingerprint density at radius 2 is 2.04 bits per heavy atom. The number of aromatic hydroxyl groups is 1. The van der Waals surface area contributed by atoms with E-state index in [0.717, 1.165) is 0 Å². The van der Waals surface area contributed by atoms with E-state index in [0.29, 0.717) is 16.9 Å². The second-order valence-electron chi connectivity index (χ2n) is 5.21. The first-order valence-corrected chi connectivity index (χ1v) is 8.74. The van der Waals surface area contributed by atoms with E-state index in [9.17, 15) is 19.3 Å². The third-order valence-electron chi connectivity index (χ3n) is 3.60. The first-order chi connectivity index (χ1) is 11.2. The fraction of sp³-hybridized carbons (Fsp3) is 0.429. The summed E-state index contributed by atoms with van der Waals surface area (Å²) < 4.78 is 25.6. The van der Waals surface area contributed by atoms with Crippen LogP contribution in [0.3, 0.4) is 0 Å². The SMILES string of the molecule is COc1c(C)c2c(c(O)c1CCOC(=O)CP(=O)(O)O)C(=O)OC2. The van der Waals surface area contributed by atoms with Crippen molar-refractivity contribution >= 4 is 19.5 Å². The molecule has 10 heteroatoms. The maximum atomic E-state index is 11.7. The molecule has 0 radical (unpaired) electrons. The molecule has 1 aliphatic rings. The minimum atomic E-state index is -4.50. The van der Waals surface area contributed by atoms with Gasteiger partial charge in [0.15, 0.2) is 0 Å². The van der Waals surface area contributed by atoms with Gasteiger partial charge in [0.1, 0.15) is 29.8 Å². The van der Waals surface area contributed by atoms with Gasteiger partial charge in [-0.1, -0.05) is 0 Å². The van der Waals surface area contributed by atoms with Crippen molar-refractivity contribution in [1.82, 2.24) is 0 Å². The van der Waals surface area contributed by atoms with Crippen LogP contribution in [0.25, 0.3) is 0 Å². The lowest BCUT2D eigenvalue weighted by molar-refractivity contribution is -0.140. The lowest BCUT2D eigenvalue weighted by atomic mass is 9.95. The molecule has 2 rings (SSSR count). The number of benzene rings is 1. The Hall–Kier alpha value is -2.09. The van der Waals surface area contributed by atoms with Crippen LogP contribution in [-0.4, -0.2) is 46.7 Å². The Morgan fingerprint density at radius 3 is 2.62 bits per heavy atom. The fourth-order valence-corrected chi connectivity index (χ4v) is 2.98. The maximum absolute atomic E-state index is 11.7. The molecule has 3 N–H and O–H groups in total. The van der Waals surface area contributed by atoms with Gasteiger partial charge in [-0.05, 0) is 12.5 Å². The monoisotopic (exact) mass is 360 g/mol. The number of ether oxygens (including phenoxy) is 3. The molecule has 0 spiro atoms. The van der Waals surface area contributed by atoms with E-state index in [4.69, 9.17) is 24.0 Å². The zero-order chi connectivity index (χ0) is 18.1. The lowest BCUT2D eigenvalue weighted by Gasteiger charge is -2.16. The molecule has 1 aromatic rings. The molecule has 1 aliphatic heterocycles. The standard InChI is InChI=1S/C14H17O9P/c1-7-9-5-23-14(17)11(9)12(16)8(13(7)21-2)3-4-22-10(15)6-24(18,19)20/h16H,3-6H2,1-2H3,(H2,18,19,20). The number of phenolic OH excluding ortho intramolecular Hbond substituents is 1. The molecule has 24 heavy (non-hydrogen) atoms. The molecule has 0 bridgehead atoms. The Labute approximate surface area is 137 Å². The van der Waals surface area contributed by atoms with E-state index in [1.54, 1.807) is 6.92 Å². The molecule has 0 aliphatic carbocycles. The fourth-order valence-electron chi connectivity index (χ4n) is 2.55. The highest BCUT2D eigenvalue weighted by Gasteiger charge is 2.32. The zero-order valence-electron chi connectivity index (χ0n) is 13.1. The topological polar surface area (TPSA) is 140 Å². The molecule has 0 unspecified atom stereocenters. The van der Waals surface area contributed by atoms with Gasteiger partial charge in [-0.2, -0.15) is 0 Å². The van der Waals surface area contributed by atoms with Gasteiger partial charge >= 0.3 is 19.5 Å². The highest BCUT2D eigenvalue weighted by Crippen LogP contribution is 2.41. The molecule has 1 heterocycles. The molecule has 0 atom stereocenters. The van der Waals surface area contributed by atoms with Crippen LogP contribution in [0.1, 0.15) is 27.0 Å². The van der Waals surface area contributed by atoms with Crippen LogP contribution >= 0.6 is 7.60 Å². The number of fused-ring (bicyclic) bond motifs is 1. The Balaban J connectivity index is 2.20. The lowest BCUT2D eigenvalue weighted by Crippen LogP contribution is -2.13. The Bertz CT molecular complexity index is 734. The summed E-state index contributed by atoms with van der Waals surface area (Å²) in [5, 5.41) is 10.3. The molecule has 0 saturated heterocycles. The van der Waals surface area contributed by atoms with Gasteiger partial charge < -0.3 is 29.1 Å². The van der Waals surface area contributed by atoms with Crippen LogP contribution in [0.5, 0.6) is 11.5 Å². The number of carbonyl (C=O) groups is 2. The molecule has 0 saturated carbocycles. The van der Waals surface area contributed by atoms with Crippen molar-refractivity contribution in [2.45, 2.75) is 20.0 Å². The first-order valence-electron chi connectivity index (χ1n) is 6.94. The maximum Gasteiger partial charge on any atom is 0.342 e. The van der Waals surface area contributed by atoms with Crippen LogP contribution in [0.4, 0.5) is 0 Å². The van der Waals surface area contributed by atoms with Gasteiger partial charge in [-0.15, -0.1) is 0 Å². The number of rotatable bonds is 6. The number of cyclic esters (lactones) is 1. The summed E-state index contributed by atoms with van der Waals surface area (Å²) in [4.78, 5) is 40.4. The Kier molecular flexibility index (Phi) is 5.17. The smallest absolute Gasteiger partial charge is 0.342 e. The van der Waals surface area contributed by atoms with Crippen molar-refractivity contribution in [2.75, 3.05) is 19.9 Å². The van der Waals surface area contributed by atoms with Gasteiger partial charge in [-0.3, -0.25) is 9.36 Å². The molecule has 132 valence electrons. The van der Waals surface area contributed by atoms with Crippen LogP contribution in [0, 0.1) is 6.92 Å². The van der Waals surface area contributed by atoms with Crippen molar-refractivity contribution in [1.29, 1.82) is 0 Å². The normalized spacial score (nSPS) is 13.4. The molecule has 9 nitrogen and oxygen atoms in total. The molecular weight excluding hydrogens is 343 g/mol. The number of carbonyl (C=O) groups excluding carboxylic acids is 2. The number of hydrogen-bond acceptors (Lipinski definition) is 7. The summed E-state index contributed by atoms with van der Waals surface area (Å²) in [7, 11) is -3.10. The van der Waals surface area contributed by atoms with Gasteiger partial charge in [-0.25, -0.2) is 4.79 Å². The first kappa shape index (κ1) is 18.3. The third-order valence-corrected chi connectivity index (χ3v) is 4.27. The number of methoxy groups -OCH3 is 1. The number of esters is 2. The van der Waals surface area contributed by atoms with Crippen LogP contribution in [0.15, 0.2) is 0 Å². The van der Waals surface area contributed by atoms with Gasteiger partial charge in [0.05, 0.1) is 13.7 Å². The van der Waals surface area contributed by atoms with Gasteiger partial charge in [0.2, 0.25) is 0 Å². The van der Waals surface area contributed by atoms with Gasteiger partial charge in [0.25, 0.3) is 0 Å². The van der Waals surface area contributed by atoms with E-state index in [1.807, 2.05) is 0 Å². The quantitative estimate of drug-likeness (QED) is 0.492. The van der Waals surface area contributed by atoms with Crippen molar-refractivity contribution in [3.05, 3.63) is 22.3 Å².